The van der Waals surface area contributed by atoms with Crippen molar-refractivity contribution in [2.75, 3.05) is 0 Å². The Morgan fingerprint density at radius 2 is 2.24 bits per heavy atom. The summed E-state index contributed by atoms with van der Waals surface area (Å²) in [5, 5.41) is 19.6. The minimum Gasteiger partial charge on any atom is -0.258 e. The molecule has 17 heavy (non-hydrogen) atoms. The Morgan fingerprint density at radius 3 is 2.82 bits per heavy atom. The zero-order valence-corrected chi connectivity index (χ0v) is 11.8. The SMILES string of the molecule is Cc1nnc(Sc2ccc(Br)cc2[N+](=O)[O-])s1. The monoisotopic (exact) mass is 331 g/mol. The van der Waals surface area contributed by atoms with E-state index in [-0.39, 0.29) is 5.69 Å². The van der Waals surface area contributed by atoms with Crippen LogP contribution < -0.4 is 0 Å². The first-order valence-corrected chi connectivity index (χ1v) is 6.91. The van der Waals surface area contributed by atoms with Crippen LogP contribution in [0.4, 0.5) is 5.69 Å². The van der Waals surface area contributed by atoms with E-state index in [0.29, 0.717) is 13.7 Å². The van der Waals surface area contributed by atoms with Crippen molar-refractivity contribution in [1.29, 1.82) is 0 Å². The third-order valence-electron chi connectivity index (χ3n) is 1.82. The molecule has 2 aromatic rings. The van der Waals surface area contributed by atoms with Crippen molar-refractivity contribution in [3.05, 3.63) is 37.8 Å². The van der Waals surface area contributed by atoms with Crippen LogP contribution in [0, 0.1) is 17.0 Å². The van der Waals surface area contributed by atoms with E-state index in [1.54, 1.807) is 12.1 Å². The van der Waals surface area contributed by atoms with E-state index >= 15 is 0 Å². The van der Waals surface area contributed by atoms with Crippen LogP contribution in [-0.2, 0) is 0 Å². The van der Waals surface area contributed by atoms with E-state index in [9.17, 15) is 10.1 Å². The zero-order valence-electron chi connectivity index (χ0n) is 8.58. The van der Waals surface area contributed by atoms with Crippen LogP contribution in [0.25, 0.3) is 0 Å². The molecule has 0 aliphatic rings. The first-order valence-electron chi connectivity index (χ1n) is 4.48. The van der Waals surface area contributed by atoms with E-state index in [0.717, 1.165) is 5.01 Å². The molecular formula is C9H6BrN3O2S2. The molecule has 0 N–H and O–H groups in total. The first kappa shape index (κ1) is 12.5. The van der Waals surface area contributed by atoms with Crippen molar-refractivity contribution in [1.82, 2.24) is 10.2 Å². The number of nitro groups is 1. The summed E-state index contributed by atoms with van der Waals surface area (Å²) in [6.07, 6.45) is 0. The van der Waals surface area contributed by atoms with Crippen LogP contribution >= 0.6 is 39.0 Å². The number of hydrogen-bond donors (Lipinski definition) is 0. The van der Waals surface area contributed by atoms with E-state index in [4.69, 9.17) is 0 Å². The Hall–Kier alpha value is -0.990. The number of aromatic nitrogens is 2. The zero-order chi connectivity index (χ0) is 12.4. The topological polar surface area (TPSA) is 68.9 Å². The molecule has 0 saturated heterocycles. The van der Waals surface area contributed by atoms with Crippen LogP contribution in [-0.4, -0.2) is 15.1 Å². The number of halogens is 1. The van der Waals surface area contributed by atoms with Crippen LogP contribution in [0.5, 0.6) is 0 Å². The second-order valence-electron chi connectivity index (χ2n) is 3.06. The van der Waals surface area contributed by atoms with Crippen LogP contribution in [0.15, 0.2) is 31.9 Å². The molecule has 88 valence electrons. The second-order valence-corrected chi connectivity index (χ2v) is 6.44. The quantitative estimate of drug-likeness (QED) is 0.634. The van der Waals surface area contributed by atoms with Gasteiger partial charge in [0.15, 0.2) is 4.34 Å². The molecule has 0 bridgehead atoms. The summed E-state index contributed by atoms with van der Waals surface area (Å²) in [5.41, 5.74) is 0.0669. The van der Waals surface area contributed by atoms with Gasteiger partial charge in [0.05, 0.1) is 9.82 Å². The minimum atomic E-state index is -0.402. The summed E-state index contributed by atoms with van der Waals surface area (Å²) in [6, 6.07) is 4.95. The molecule has 5 nitrogen and oxygen atoms in total. The van der Waals surface area contributed by atoms with Crippen molar-refractivity contribution >= 4 is 44.7 Å². The second kappa shape index (κ2) is 5.11. The molecule has 0 aliphatic heterocycles. The largest absolute Gasteiger partial charge is 0.284 e. The molecule has 0 radical (unpaired) electrons. The predicted molar refractivity (Wildman–Crippen MR) is 69.6 cm³/mol. The molecule has 0 spiro atoms. The van der Waals surface area contributed by atoms with Crippen molar-refractivity contribution in [2.24, 2.45) is 0 Å². The summed E-state index contributed by atoms with van der Waals surface area (Å²) in [7, 11) is 0. The molecule has 8 heteroatoms. The maximum absolute atomic E-state index is 10.9. The average molecular weight is 332 g/mol. The highest BCUT2D eigenvalue weighted by molar-refractivity contribution is 9.10. The van der Waals surface area contributed by atoms with Crippen molar-refractivity contribution < 1.29 is 4.92 Å². The highest BCUT2D eigenvalue weighted by atomic mass is 79.9. The van der Waals surface area contributed by atoms with Gasteiger partial charge in [-0.1, -0.05) is 39.0 Å². The number of hydrogen-bond acceptors (Lipinski definition) is 6. The Balaban J connectivity index is 2.35. The molecule has 1 heterocycles. The fourth-order valence-electron chi connectivity index (χ4n) is 1.13. The summed E-state index contributed by atoms with van der Waals surface area (Å²) in [4.78, 5) is 11.1. The number of rotatable bonds is 3. The first-order chi connectivity index (χ1) is 8.06. The van der Waals surface area contributed by atoms with Gasteiger partial charge in [0.2, 0.25) is 0 Å². The molecule has 1 aromatic carbocycles. The standard InChI is InChI=1S/C9H6BrN3O2S2/c1-5-11-12-9(16-5)17-8-3-2-6(10)4-7(8)13(14)15/h2-4H,1H3. The Labute approximate surface area is 114 Å². The summed E-state index contributed by atoms with van der Waals surface area (Å²) < 4.78 is 1.38. The van der Waals surface area contributed by atoms with Crippen molar-refractivity contribution in [3.8, 4) is 0 Å². The predicted octanol–water partition coefficient (Wildman–Crippen LogP) is 3.67. The highest BCUT2D eigenvalue weighted by Crippen LogP contribution is 2.37. The van der Waals surface area contributed by atoms with E-state index in [1.165, 1.54) is 29.2 Å². The summed E-state index contributed by atoms with van der Waals surface area (Å²) in [6.45, 7) is 1.84. The van der Waals surface area contributed by atoms with Gasteiger partial charge >= 0.3 is 0 Å². The molecule has 0 atom stereocenters. The molecule has 0 saturated carbocycles. The van der Waals surface area contributed by atoms with Crippen molar-refractivity contribution in [2.45, 2.75) is 16.2 Å². The Bertz CT molecular complexity index is 573. The fraction of sp³-hybridized carbons (Fsp3) is 0.111. The van der Waals surface area contributed by atoms with Gasteiger partial charge in [-0.15, -0.1) is 10.2 Å². The lowest BCUT2D eigenvalue weighted by Crippen LogP contribution is -1.90. The average Bonchev–Trinajstić information content (AvgIpc) is 2.66. The molecule has 0 aliphatic carbocycles. The lowest BCUT2D eigenvalue weighted by atomic mass is 10.3. The van der Waals surface area contributed by atoms with Gasteiger partial charge in [0.1, 0.15) is 5.01 Å². The molecule has 0 amide bonds. The van der Waals surface area contributed by atoms with Gasteiger partial charge < -0.3 is 0 Å². The van der Waals surface area contributed by atoms with E-state index in [1.807, 2.05) is 6.92 Å². The van der Waals surface area contributed by atoms with Gasteiger partial charge in [-0.05, 0) is 19.1 Å². The lowest BCUT2D eigenvalue weighted by molar-refractivity contribution is -0.387. The third kappa shape index (κ3) is 3.02. The molecule has 0 fully saturated rings. The Kier molecular flexibility index (Phi) is 3.75. The van der Waals surface area contributed by atoms with Crippen LogP contribution in [0.1, 0.15) is 5.01 Å². The third-order valence-corrected chi connectivity index (χ3v) is 4.27. The van der Waals surface area contributed by atoms with E-state index < -0.39 is 4.92 Å². The van der Waals surface area contributed by atoms with Gasteiger partial charge in [-0.2, -0.15) is 0 Å². The van der Waals surface area contributed by atoms with Gasteiger partial charge in [0.25, 0.3) is 5.69 Å². The van der Waals surface area contributed by atoms with Gasteiger partial charge in [0, 0.05) is 10.5 Å². The maximum Gasteiger partial charge on any atom is 0.284 e. The number of benzene rings is 1. The molecule has 0 unspecified atom stereocenters. The number of nitrogens with zero attached hydrogens (tertiary/aromatic N) is 3. The van der Waals surface area contributed by atoms with Crippen LogP contribution in [0.3, 0.4) is 0 Å². The minimum absolute atomic E-state index is 0.0669. The Morgan fingerprint density at radius 1 is 1.47 bits per heavy atom. The molecular weight excluding hydrogens is 326 g/mol. The van der Waals surface area contributed by atoms with E-state index in [2.05, 4.69) is 26.1 Å². The molecule has 2 rings (SSSR count). The fourth-order valence-corrected chi connectivity index (χ4v) is 3.34. The van der Waals surface area contributed by atoms with Gasteiger partial charge in [-0.25, -0.2) is 0 Å². The summed E-state index contributed by atoms with van der Waals surface area (Å²) in [5.74, 6) is 0. The number of nitro benzene ring substituents is 1. The normalized spacial score (nSPS) is 10.5. The molecule has 1 aromatic heterocycles. The maximum atomic E-state index is 10.9. The number of aryl methyl sites for hydroxylation is 1. The lowest BCUT2D eigenvalue weighted by Gasteiger charge is -2.00. The highest BCUT2D eigenvalue weighted by Gasteiger charge is 2.16. The van der Waals surface area contributed by atoms with Crippen molar-refractivity contribution in [3.63, 3.8) is 0 Å². The van der Waals surface area contributed by atoms with Gasteiger partial charge in [-0.3, -0.25) is 10.1 Å². The summed E-state index contributed by atoms with van der Waals surface area (Å²) >= 11 is 5.88. The van der Waals surface area contributed by atoms with Crippen LogP contribution in [0.2, 0.25) is 0 Å². The smallest absolute Gasteiger partial charge is 0.258 e.